The van der Waals surface area contributed by atoms with Gasteiger partial charge in [-0.05, 0) is 43.0 Å². The zero-order valence-electron chi connectivity index (χ0n) is 11.0. The van der Waals surface area contributed by atoms with Gasteiger partial charge in [-0.3, -0.25) is 0 Å². The molecule has 1 saturated carbocycles. The van der Waals surface area contributed by atoms with Crippen LogP contribution in [0.2, 0.25) is 0 Å². The van der Waals surface area contributed by atoms with Crippen LogP contribution in [0.3, 0.4) is 0 Å². The molecule has 4 N–H and O–H groups in total. The first-order chi connectivity index (χ1) is 9.36. The summed E-state index contributed by atoms with van der Waals surface area (Å²) in [4.78, 5) is 7.15. The maximum Gasteiger partial charge on any atom is 0.0924 e. The number of aromatic nitrogens is 2. The van der Waals surface area contributed by atoms with Crippen molar-refractivity contribution in [3.05, 3.63) is 36.8 Å². The second-order valence-corrected chi connectivity index (χ2v) is 5.22. The van der Waals surface area contributed by atoms with E-state index in [4.69, 9.17) is 5.73 Å². The van der Waals surface area contributed by atoms with E-state index < -0.39 is 0 Å². The van der Waals surface area contributed by atoms with Crippen molar-refractivity contribution in [3.63, 3.8) is 0 Å². The summed E-state index contributed by atoms with van der Waals surface area (Å²) >= 11 is 0. The van der Waals surface area contributed by atoms with E-state index in [0.29, 0.717) is 12.0 Å². The minimum atomic E-state index is 0.531. The van der Waals surface area contributed by atoms with E-state index in [0.717, 1.165) is 17.8 Å². The molecule has 0 aliphatic heterocycles. The Kier molecular flexibility index (Phi) is 3.51. The van der Waals surface area contributed by atoms with Crippen molar-refractivity contribution >= 4 is 5.69 Å². The highest BCUT2D eigenvalue weighted by molar-refractivity contribution is 5.62. The van der Waals surface area contributed by atoms with Gasteiger partial charge >= 0.3 is 0 Å². The van der Waals surface area contributed by atoms with Crippen LogP contribution in [0.4, 0.5) is 5.69 Å². The highest BCUT2D eigenvalue weighted by Crippen LogP contribution is 2.28. The maximum absolute atomic E-state index is 5.82. The number of anilines is 1. The van der Waals surface area contributed by atoms with Crippen molar-refractivity contribution in [3.8, 4) is 11.3 Å². The van der Waals surface area contributed by atoms with E-state index in [1.165, 1.54) is 24.9 Å². The molecule has 1 aromatic heterocycles. The summed E-state index contributed by atoms with van der Waals surface area (Å²) in [6.07, 6.45) is 7.30. The van der Waals surface area contributed by atoms with E-state index in [-0.39, 0.29) is 0 Å². The van der Waals surface area contributed by atoms with E-state index in [9.17, 15) is 0 Å². The van der Waals surface area contributed by atoms with Crippen LogP contribution in [0.15, 0.2) is 36.8 Å². The predicted octanol–water partition coefficient (Wildman–Crippen LogP) is 2.62. The highest BCUT2D eigenvalue weighted by Gasteiger charge is 2.25. The van der Waals surface area contributed by atoms with Gasteiger partial charge in [-0.25, -0.2) is 4.98 Å². The fourth-order valence-electron chi connectivity index (χ4n) is 2.88. The van der Waals surface area contributed by atoms with Gasteiger partial charge in [0.1, 0.15) is 0 Å². The number of hydrogen-bond acceptors (Lipinski definition) is 3. The number of imidazole rings is 1. The first kappa shape index (κ1) is 12.2. The van der Waals surface area contributed by atoms with Gasteiger partial charge in [-0.1, -0.05) is 18.6 Å². The van der Waals surface area contributed by atoms with Crippen LogP contribution in [0.5, 0.6) is 0 Å². The Morgan fingerprint density at radius 2 is 2.11 bits per heavy atom. The molecule has 1 aliphatic rings. The Labute approximate surface area is 113 Å². The standard InChI is InChI=1S/C15H20N4/c16-8-12-2-1-3-14(12)19-13-6-4-11(5-7-13)15-9-17-10-18-15/h4-7,9-10,12,14,19H,1-3,8,16H2,(H,17,18). The number of benzene rings is 1. The average molecular weight is 256 g/mol. The second-order valence-electron chi connectivity index (χ2n) is 5.22. The molecule has 0 spiro atoms. The second kappa shape index (κ2) is 5.45. The molecule has 2 aromatic rings. The number of nitrogens with zero attached hydrogens (tertiary/aromatic N) is 1. The fraction of sp³-hybridized carbons (Fsp3) is 0.400. The molecular formula is C15H20N4. The molecule has 0 amide bonds. The van der Waals surface area contributed by atoms with Crippen LogP contribution < -0.4 is 11.1 Å². The molecular weight excluding hydrogens is 236 g/mol. The zero-order valence-corrected chi connectivity index (χ0v) is 11.0. The van der Waals surface area contributed by atoms with E-state index in [2.05, 4.69) is 39.6 Å². The summed E-state index contributed by atoms with van der Waals surface area (Å²) in [7, 11) is 0. The van der Waals surface area contributed by atoms with Gasteiger partial charge in [0, 0.05) is 11.7 Å². The third-order valence-corrected chi connectivity index (χ3v) is 4.01. The summed E-state index contributed by atoms with van der Waals surface area (Å²) < 4.78 is 0. The number of rotatable bonds is 4. The van der Waals surface area contributed by atoms with Gasteiger partial charge in [-0.2, -0.15) is 0 Å². The topological polar surface area (TPSA) is 66.7 Å². The largest absolute Gasteiger partial charge is 0.382 e. The third-order valence-electron chi connectivity index (χ3n) is 4.01. The Bertz CT molecular complexity index is 503. The summed E-state index contributed by atoms with van der Waals surface area (Å²) in [6.45, 7) is 0.782. The van der Waals surface area contributed by atoms with Crippen LogP contribution in [0, 0.1) is 5.92 Å². The molecule has 2 atom stereocenters. The lowest BCUT2D eigenvalue weighted by molar-refractivity contribution is 0.516. The van der Waals surface area contributed by atoms with Gasteiger partial charge in [0.25, 0.3) is 0 Å². The highest BCUT2D eigenvalue weighted by atomic mass is 14.9. The summed E-state index contributed by atoms with van der Waals surface area (Å²) in [6, 6.07) is 9.01. The summed E-state index contributed by atoms with van der Waals surface area (Å²) in [5.41, 5.74) is 9.20. The molecule has 1 aromatic carbocycles. The Hall–Kier alpha value is -1.81. The number of nitrogens with two attached hydrogens (primary N) is 1. The van der Waals surface area contributed by atoms with Crippen LogP contribution in [-0.4, -0.2) is 22.6 Å². The van der Waals surface area contributed by atoms with Gasteiger partial charge in [0.2, 0.25) is 0 Å². The maximum atomic E-state index is 5.82. The third kappa shape index (κ3) is 2.63. The summed E-state index contributed by atoms with van der Waals surface area (Å²) in [5, 5.41) is 3.61. The molecule has 0 bridgehead atoms. The van der Waals surface area contributed by atoms with E-state index in [1.807, 2.05) is 6.20 Å². The van der Waals surface area contributed by atoms with Crippen molar-refractivity contribution in [2.24, 2.45) is 11.7 Å². The van der Waals surface area contributed by atoms with E-state index >= 15 is 0 Å². The number of hydrogen-bond donors (Lipinski definition) is 3. The SMILES string of the molecule is NCC1CCCC1Nc1ccc(-c2cnc[nH]2)cc1. The molecule has 0 radical (unpaired) electrons. The fourth-order valence-corrected chi connectivity index (χ4v) is 2.88. The molecule has 1 fully saturated rings. The normalized spacial score (nSPS) is 22.6. The quantitative estimate of drug-likeness (QED) is 0.787. The van der Waals surface area contributed by atoms with E-state index in [1.54, 1.807) is 6.33 Å². The van der Waals surface area contributed by atoms with Crippen LogP contribution in [0.25, 0.3) is 11.3 Å². The van der Waals surface area contributed by atoms with Gasteiger partial charge in [-0.15, -0.1) is 0 Å². The lowest BCUT2D eigenvalue weighted by atomic mass is 10.0. The van der Waals surface area contributed by atoms with Crippen molar-refractivity contribution in [1.29, 1.82) is 0 Å². The van der Waals surface area contributed by atoms with Crippen molar-refractivity contribution in [2.45, 2.75) is 25.3 Å². The molecule has 100 valence electrons. The Morgan fingerprint density at radius 1 is 1.26 bits per heavy atom. The first-order valence-corrected chi connectivity index (χ1v) is 6.92. The van der Waals surface area contributed by atoms with Crippen LogP contribution in [0.1, 0.15) is 19.3 Å². The molecule has 0 saturated heterocycles. The lowest BCUT2D eigenvalue weighted by Gasteiger charge is -2.20. The van der Waals surface area contributed by atoms with Crippen LogP contribution in [-0.2, 0) is 0 Å². The van der Waals surface area contributed by atoms with Crippen LogP contribution >= 0.6 is 0 Å². The first-order valence-electron chi connectivity index (χ1n) is 6.92. The number of H-pyrrole nitrogens is 1. The number of nitrogens with one attached hydrogen (secondary N) is 2. The molecule has 2 unspecified atom stereocenters. The minimum absolute atomic E-state index is 0.531. The molecule has 19 heavy (non-hydrogen) atoms. The molecule has 1 heterocycles. The Balaban J connectivity index is 1.69. The van der Waals surface area contributed by atoms with Crippen molar-refractivity contribution < 1.29 is 0 Å². The van der Waals surface area contributed by atoms with Gasteiger partial charge in [0.15, 0.2) is 0 Å². The molecule has 4 nitrogen and oxygen atoms in total. The van der Waals surface area contributed by atoms with Crippen molar-refractivity contribution in [1.82, 2.24) is 9.97 Å². The van der Waals surface area contributed by atoms with Crippen molar-refractivity contribution in [2.75, 3.05) is 11.9 Å². The molecule has 1 aliphatic carbocycles. The monoisotopic (exact) mass is 256 g/mol. The smallest absolute Gasteiger partial charge is 0.0924 e. The minimum Gasteiger partial charge on any atom is -0.382 e. The average Bonchev–Trinajstić information content (AvgIpc) is 3.10. The number of aromatic amines is 1. The van der Waals surface area contributed by atoms with Gasteiger partial charge in [0.05, 0.1) is 18.2 Å². The zero-order chi connectivity index (χ0) is 13.1. The Morgan fingerprint density at radius 3 is 2.79 bits per heavy atom. The molecule has 3 rings (SSSR count). The van der Waals surface area contributed by atoms with Gasteiger partial charge < -0.3 is 16.0 Å². The summed E-state index contributed by atoms with van der Waals surface area (Å²) in [5.74, 6) is 0.618. The lowest BCUT2D eigenvalue weighted by Crippen LogP contribution is -2.29. The predicted molar refractivity (Wildman–Crippen MR) is 77.8 cm³/mol. The molecule has 4 heteroatoms.